The lowest BCUT2D eigenvalue weighted by Gasteiger charge is -2.24. The molecule has 4 atom stereocenters. The molecule has 202 valence electrons. The van der Waals surface area contributed by atoms with E-state index in [1.165, 1.54) is 0 Å². The van der Waals surface area contributed by atoms with Crippen molar-refractivity contribution in [3.8, 4) is 0 Å². The van der Waals surface area contributed by atoms with E-state index >= 15 is 0 Å². The van der Waals surface area contributed by atoms with E-state index in [9.17, 15) is 38.7 Å². The minimum Gasteiger partial charge on any atom is -0.481 e. The van der Waals surface area contributed by atoms with Gasteiger partial charge in [-0.2, -0.15) is 0 Å². The molecule has 0 aromatic heterocycles. The minimum absolute atomic E-state index is 0.111. The number of benzene rings is 1. The van der Waals surface area contributed by atoms with Crippen molar-refractivity contribution < 1.29 is 43.8 Å². The molecule has 0 aliphatic rings. The van der Waals surface area contributed by atoms with Crippen LogP contribution in [-0.2, 0) is 40.0 Å². The Morgan fingerprint density at radius 1 is 0.730 bits per heavy atom. The van der Waals surface area contributed by atoms with Gasteiger partial charge in [0.2, 0.25) is 29.5 Å². The van der Waals surface area contributed by atoms with Gasteiger partial charge in [0.15, 0.2) is 0 Å². The van der Waals surface area contributed by atoms with Crippen LogP contribution in [0.4, 0.5) is 0 Å². The number of amides is 5. The lowest BCUT2D eigenvalue weighted by Crippen LogP contribution is -2.58. The lowest BCUT2D eigenvalue weighted by atomic mass is 10.0. The molecular formula is C22H30N6O9. The number of carbonyl (C=O) groups is 7. The van der Waals surface area contributed by atoms with Crippen LogP contribution in [0.1, 0.15) is 31.2 Å². The van der Waals surface area contributed by atoms with Crippen LogP contribution in [0.25, 0.3) is 0 Å². The van der Waals surface area contributed by atoms with Crippen molar-refractivity contribution in [1.82, 2.24) is 16.0 Å². The predicted molar refractivity (Wildman–Crippen MR) is 126 cm³/mol. The maximum Gasteiger partial charge on any atom is 0.326 e. The van der Waals surface area contributed by atoms with Gasteiger partial charge in [-0.25, -0.2) is 4.79 Å². The highest BCUT2D eigenvalue weighted by Gasteiger charge is 2.32. The van der Waals surface area contributed by atoms with Gasteiger partial charge in [0.25, 0.3) is 0 Å². The van der Waals surface area contributed by atoms with Crippen molar-refractivity contribution in [3.63, 3.8) is 0 Å². The minimum atomic E-state index is -1.73. The maximum atomic E-state index is 12.8. The molecule has 0 saturated carbocycles. The van der Waals surface area contributed by atoms with Crippen LogP contribution in [0.5, 0.6) is 0 Å². The number of nitrogens with one attached hydrogen (secondary N) is 3. The van der Waals surface area contributed by atoms with Crippen molar-refractivity contribution in [2.75, 3.05) is 0 Å². The molecule has 5 amide bonds. The number of carbonyl (C=O) groups excluding carboxylic acids is 5. The van der Waals surface area contributed by atoms with Crippen molar-refractivity contribution >= 4 is 41.5 Å². The van der Waals surface area contributed by atoms with E-state index in [2.05, 4.69) is 16.0 Å². The summed E-state index contributed by atoms with van der Waals surface area (Å²) in [4.78, 5) is 83.1. The van der Waals surface area contributed by atoms with E-state index in [4.69, 9.17) is 22.3 Å². The number of carboxylic acids is 2. The Balaban J connectivity index is 3.00. The summed E-state index contributed by atoms with van der Waals surface area (Å²) in [6.45, 7) is 0. The van der Waals surface area contributed by atoms with Crippen LogP contribution in [0.3, 0.4) is 0 Å². The summed E-state index contributed by atoms with van der Waals surface area (Å²) in [5.74, 6) is -7.84. The average molecular weight is 523 g/mol. The fourth-order valence-electron chi connectivity index (χ4n) is 3.10. The van der Waals surface area contributed by atoms with Gasteiger partial charge in [-0.3, -0.25) is 28.8 Å². The summed E-state index contributed by atoms with van der Waals surface area (Å²) < 4.78 is 0. The largest absolute Gasteiger partial charge is 0.481 e. The monoisotopic (exact) mass is 522 g/mol. The van der Waals surface area contributed by atoms with Gasteiger partial charge in [-0.1, -0.05) is 30.3 Å². The van der Waals surface area contributed by atoms with Crippen LogP contribution in [0.2, 0.25) is 0 Å². The fraction of sp³-hybridized carbons (Fsp3) is 0.409. The number of aliphatic carboxylic acids is 2. The summed E-state index contributed by atoms with van der Waals surface area (Å²) in [7, 11) is 0. The predicted octanol–water partition coefficient (Wildman–Crippen LogP) is -3.29. The van der Waals surface area contributed by atoms with E-state index in [0.29, 0.717) is 5.56 Å². The van der Waals surface area contributed by atoms with Crippen molar-refractivity contribution in [1.29, 1.82) is 0 Å². The van der Waals surface area contributed by atoms with E-state index < -0.39 is 78.5 Å². The molecule has 15 nitrogen and oxygen atoms in total. The van der Waals surface area contributed by atoms with Gasteiger partial charge < -0.3 is 43.4 Å². The molecule has 0 radical (unpaired) electrons. The number of primary amides is 2. The Morgan fingerprint density at radius 2 is 1.24 bits per heavy atom. The zero-order chi connectivity index (χ0) is 28.1. The molecule has 11 N–H and O–H groups in total. The van der Waals surface area contributed by atoms with Crippen LogP contribution < -0.4 is 33.2 Å². The molecule has 15 heteroatoms. The van der Waals surface area contributed by atoms with Crippen LogP contribution in [-0.4, -0.2) is 75.9 Å². The summed E-state index contributed by atoms with van der Waals surface area (Å²) in [5, 5.41) is 25.1. The number of hydrogen-bond acceptors (Lipinski definition) is 8. The SMILES string of the molecule is NC(=O)CCC(N)C(=O)NC(CC(=O)O)C(=O)NC(CC(N)=O)C(=O)NC(Cc1ccccc1)C(=O)O. The summed E-state index contributed by atoms with van der Waals surface area (Å²) in [6.07, 6.45) is -2.19. The van der Waals surface area contributed by atoms with Crippen LogP contribution in [0, 0.1) is 0 Å². The first-order valence-corrected chi connectivity index (χ1v) is 11.0. The molecule has 0 heterocycles. The Kier molecular flexibility index (Phi) is 12.2. The molecule has 0 bridgehead atoms. The first-order chi connectivity index (χ1) is 17.3. The number of hydrogen-bond donors (Lipinski definition) is 8. The van der Waals surface area contributed by atoms with Gasteiger partial charge in [-0.05, 0) is 12.0 Å². The molecule has 0 aliphatic heterocycles. The molecule has 1 rings (SSSR count). The summed E-state index contributed by atoms with van der Waals surface area (Å²) >= 11 is 0. The molecule has 4 unspecified atom stereocenters. The maximum absolute atomic E-state index is 12.8. The second-order valence-electron chi connectivity index (χ2n) is 8.09. The third-order valence-electron chi connectivity index (χ3n) is 4.99. The van der Waals surface area contributed by atoms with Gasteiger partial charge in [0.05, 0.1) is 18.9 Å². The van der Waals surface area contributed by atoms with E-state index in [1.54, 1.807) is 30.3 Å². The smallest absolute Gasteiger partial charge is 0.326 e. The molecule has 0 spiro atoms. The Bertz CT molecular complexity index is 1020. The topological polar surface area (TPSA) is 274 Å². The van der Waals surface area contributed by atoms with Gasteiger partial charge in [0, 0.05) is 12.8 Å². The number of carboxylic acid groups (broad SMARTS) is 2. The van der Waals surface area contributed by atoms with Crippen molar-refractivity contribution in [2.24, 2.45) is 17.2 Å². The van der Waals surface area contributed by atoms with Crippen molar-refractivity contribution in [2.45, 2.75) is 56.3 Å². The third kappa shape index (κ3) is 11.6. The molecule has 1 aromatic carbocycles. The molecular weight excluding hydrogens is 492 g/mol. The number of rotatable bonds is 16. The fourth-order valence-corrected chi connectivity index (χ4v) is 3.10. The Hall–Kier alpha value is -4.53. The van der Waals surface area contributed by atoms with E-state index in [1.807, 2.05) is 0 Å². The zero-order valence-corrected chi connectivity index (χ0v) is 19.7. The first-order valence-electron chi connectivity index (χ1n) is 11.0. The molecule has 37 heavy (non-hydrogen) atoms. The third-order valence-corrected chi connectivity index (χ3v) is 4.99. The van der Waals surface area contributed by atoms with E-state index in [-0.39, 0.29) is 19.3 Å². The molecule has 0 aliphatic carbocycles. The normalized spacial score (nSPS) is 13.8. The Morgan fingerprint density at radius 3 is 1.73 bits per heavy atom. The van der Waals surface area contributed by atoms with E-state index in [0.717, 1.165) is 0 Å². The van der Waals surface area contributed by atoms with Crippen molar-refractivity contribution in [3.05, 3.63) is 35.9 Å². The second-order valence-corrected chi connectivity index (χ2v) is 8.09. The van der Waals surface area contributed by atoms with Gasteiger partial charge >= 0.3 is 11.9 Å². The highest BCUT2D eigenvalue weighted by Crippen LogP contribution is 2.06. The van der Waals surface area contributed by atoms with Gasteiger partial charge in [-0.15, -0.1) is 0 Å². The number of nitrogens with two attached hydrogens (primary N) is 3. The second kappa shape index (κ2) is 14.8. The molecule has 1 aromatic rings. The zero-order valence-electron chi connectivity index (χ0n) is 19.7. The van der Waals surface area contributed by atoms with Crippen LogP contribution >= 0.6 is 0 Å². The van der Waals surface area contributed by atoms with Gasteiger partial charge in [0.1, 0.15) is 18.1 Å². The summed E-state index contributed by atoms with van der Waals surface area (Å²) in [5.41, 5.74) is 16.4. The Labute approximate surface area is 211 Å². The quantitative estimate of drug-likeness (QED) is 0.107. The van der Waals surface area contributed by atoms with Crippen LogP contribution in [0.15, 0.2) is 30.3 Å². The molecule has 0 fully saturated rings. The lowest BCUT2D eigenvalue weighted by molar-refractivity contribution is -0.143. The standard InChI is InChI=1S/C22H30N6O9/c23-12(6-7-16(24)29)19(33)26-14(10-18(31)32)21(35)27-13(9-17(25)30)20(34)28-15(22(36)37)8-11-4-2-1-3-5-11/h1-5,12-15H,6-10,23H2,(H2,24,29)(H2,25,30)(H,26,33)(H,27,35)(H,28,34)(H,31,32)(H,36,37). The first kappa shape index (κ1) is 30.5. The summed E-state index contributed by atoms with van der Waals surface area (Å²) in [6, 6.07) is 2.19. The highest BCUT2D eigenvalue weighted by atomic mass is 16.4. The average Bonchev–Trinajstić information content (AvgIpc) is 2.80. The highest BCUT2D eigenvalue weighted by molar-refractivity contribution is 5.97. The molecule has 0 saturated heterocycles.